The summed E-state index contributed by atoms with van der Waals surface area (Å²) in [6, 6.07) is -0.589. The van der Waals surface area contributed by atoms with Crippen LogP contribution in [0.4, 0.5) is 0 Å². The van der Waals surface area contributed by atoms with Gasteiger partial charge in [0.05, 0.1) is 0 Å². The normalized spacial score (nSPS) is 13.0. The van der Waals surface area contributed by atoms with Gasteiger partial charge in [-0.3, -0.25) is 14.9 Å². The van der Waals surface area contributed by atoms with E-state index in [4.69, 9.17) is 5.11 Å². The monoisotopic (exact) mass is 230 g/mol. The summed E-state index contributed by atoms with van der Waals surface area (Å²) in [5.41, 5.74) is 0.719. The second kappa shape index (κ2) is 5.09. The molecule has 1 aromatic rings. The van der Waals surface area contributed by atoms with E-state index in [1.165, 1.54) is 0 Å². The van der Waals surface area contributed by atoms with Crippen molar-refractivity contribution >= 4 is 17.3 Å². The molecule has 84 valence electrons. The quantitative estimate of drug-likeness (QED) is 0.693. The maximum atomic E-state index is 10.8. The van der Waals surface area contributed by atoms with Crippen LogP contribution in [0, 0.1) is 5.92 Å². The minimum absolute atomic E-state index is 0.00728. The van der Waals surface area contributed by atoms with Crippen LogP contribution in [-0.4, -0.2) is 22.1 Å². The van der Waals surface area contributed by atoms with Gasteiger partial charge in [-0.05, 0) is 5.92 Å². The van der Waals surface area contributed by atoms with E-state index in [-0.39, 0.29) is 10.8 Å². The highest BCUT2D eigenvalue weighted by atomic mass is 32.1. The number of nitrogens with one attached hydrogen (secondary N) is 2. The molecule has 0 radical (unpaired) electrons. The number of aliphatic carboxylic acids is 1. The van der Waals surface area contributed by atoms with Crippen molar-refractivity contribution < 1.29 is 9.90 Å². The fourth-order valence-electron chi connectivity index (χ4n) is 1.23. The number of aromatic amines is 1. The Kier molecular flexibility index (Phi) is 4.05. The average molecular weight is 230 g/mol. The highest BCUT2D eigenvalue weighted by Crippen LogP contribution is 2.03. The van der Waals surface area contributed by atoms with Gasteiger partial charge in [0.1, 0.15) is 6.04 Å². The van der Waals surface area contributed by atoms with Gasteiger partial charge in [-0.1, -0.05) is 25.2 Å². The van der Waals surface area contributed by atoms with E-state index in [1.54, 1.807) is 5.38 Å². The van der Waals surface area contributed by atoms with Crippen LogP contribution in [0.25, 0.3) is 0 Å². The third-order valence-corrected chi connectivity index (χ3v) is 2.73. The fraction of sp³-hybridized carbons (Fsp3) is 0.556. The predicted octanol–water partition coefficient (Wildman–Crippen LogP) is 0.635. The van der Waals surface area contributed by atoms with Crippen LogP contribution in [0.3, 0.4) is 0 Å². The Bertz CT molecular complexity index is 383. The third kappa shape index (κ3) is 3.49. The van der Waals surface area contributed by atoms with Crippen molar-refractivity contribution in [3.63, 3.8) is 0 Å². The van der Waals surface area contributed by atoms with Gasteiger partial charge in [0.25, 0.3) is 0 Å². The Morgan fingerprint density at radius 3 is 2.73 bits per heavy atom. The van der Waals surface area contributed by atoms with Crippen LogP contribution in [0.2, 0.25) is 0 Å². The Labute approximate surface area is 91.1 Å². The summed E-state index contributed by atoms with van der Waals surface area (Å²) < 4.78 is 0. The van der Waals surface area contributed by atoms with Gasteiger partial charge in [-0.2, -0.15) is 0 Å². The lowest BCUT2D eigenvalue weighted by Gasteiger charge is -2.17. The zero-order valence-electron chi connectivity index (χ0n) is 8.61. The van der Waals surface area contributed by atoms with Gasteiger partial charge in [-0.15, -0.1) is 0 Å². The molecule has 3 N–H and O–H groups in total. The lowest BCUT2D eigenvalue weighted by atomic mass is 10.1. The maximum absolute atomic E-state index is 10.8. The van der Waals surface area contributed by atoms with Gasteiger partial charge < -0.3 is 10.1 Å². The molecular weight excluding hydrogens is 216 g/mol. The number of thiazole rings is 1. The van der Waals surface area contributed by atoms with Crippen LogP contribution in [-0.2, 0) is 11.3 Å². The molecule has 0 aliphatic carbocycles. The first kappa shape index (κ1) is 11.9. The molecule has 1 unspecified atom stereocenters. The number of carboxylic acids is 1. The second-order valence-corrected chi connectivity index (χ2v) is 4.46. The fourth-order valence-corrected chi connectivity index (χ4v) is 1.81. The van der Waals surface area contributed by atoms with Crippen molar-refractivity contribution in [2.75, 3.05) is 0 Å². The highest BCUT2D eigenvalue weighted by Gasteiger charge is 2.20. The second-order valence-electron chi connectivity index (χ2n) is 3.61. The predicted molar refractivity (Wildman–Crippen MR) is 58.0 cm³/mol. The van der Waals surface area contributed by atoms with Crippen LogP contribution in [0.1, 0.15) is 19.5 Å². The Hall–Kier alpha value is -1.14. The molecule has 0 aliphatic heterocycles. The van der Waals surface area contributed by atoms with Crippen LogP contribution in [0.15, 0.2) is 10.2 Å². The number of rotatable bonds is 5. The standard InChI is InChI=1S/C9H14N2O3S/c1-5(2)7(8(12)13)10-3-6-4-15-9(14)11-6/h4-5,7,10H,3H2,1-2H3,(H,11,14)(H,12,13). The van der Waals surface area contributed by atoms with Crippen LogP contribution in [0.5, 0.6) is 0 Å². The average Bonchev–Trinajstić information content (AvgIpc) is 2.50. The first-order chi connectivity index (χ1) is 7.00. The minimum atomic E-state index is -0.873. The van der Waals surface area contributed by atoms with Gasteiger partial charge in [0, 0.05) is 17.6 Å². The number of hydrogen-bond acceptors (Lipinski definition) is 4. The van der Waals surface area contributed by atoms with E-state index in [0.29, 0.717) is 6.54 Å². The maximum Gasteiger partial charge on any atom is 0.320 e. The molecule has 1 heterocycles. The van der Waals surface area contributed by atoms with Crippen molar-refractivity contribution in [3.05, 3.63) is 20.7 Å². The van der Waals surface area contributed by atoms with Crippen molar-refractivity contribution in [3.8, 4) is 0 Å². The summed E-state index contributed by atoms with van der Waals surface area (Å²) in [5.74, 6) is -0.865. The van der Waals surface area contributed by atoms with Crippen molar-refractivity contribution in [2.24, 2.45) is 5.92 Å². The molecule has 5 nitrogen and oxygen atoms in total. The van der Waals surface area contributed by atoms with Crippen molar-refractivity contribution in [1.29, 1.82) is 0 Å². The van der Waals surface area contributed by atoms with E-state index in [1.807, 2.05) is 13.8 Å². The van der Waals surface area contributed by atoms with Crippen molar-refractivity contribution in [1.82, 2.24) is 10.3 Å². The van der Waals surface area contributed by atoms with Crippen LogP contribution >= 0.6 is 11.3 Å². The van der Waals surface area contributed by atoms with Gasteiger partial charge in [-0.25, -0.2) is 0 Å². The van der Waals surface area contributed by atoms with E-state index < -0.39 is 12.0 Å². The number of carbonyl (C=O) groups is 1. The zero-order valence-corrected chi connectivity index (χ0v) is 9.43. The highest BCUT2D eigenvalue weighted by molar-refractivity contribution is 7.07. The summed E-state index contributed by atoms with van der Waals surface area (Å²) in [5, 5.41) is 13.5. The Balaban J connectivity index is 2.54. The van der Waals surface area contributed by atoms with Gasteiger partial charge in [0.15, 0.2) is 0 Å². The summed E-state index contributed by atoms with van der Waals surface area (Å²) >= 11 is 1.07. The molecule has 1 aromatic heterocycles. The lowest BCUT2D eigenvalue weighted by molar-refractivity contribution is -0.140. The van der Waals surface area contributed by atoms with E-state index in [9.17, 15) is 9.59 Å². The molecule has 0 aromatic carbocycles. The molecule has 6 heteroatoms. The Morgan fingerprint density at radius 2 is 2.33 bits per heavy atom. The topological polar surface area (TPSA) is 82.2 Å². The van der Waals surface area contributed by atoms with Gasteiger partial charge in [0.2, 0.25) is 0 Å². The zero-order chi connectivity index (χ0) is 11.4. The number of H-pyrrole nitrogens is 1. The minimum Gasteiger partial charge on any atom is -0.480 e. The summed E-state index contributed by atoms with van der Waals surface area (Å²) in [6.07, 6.45) is 0. The van der Waals surface area contributed by atoms with Crippen LogP contribution < -0.4 is 10.2 Å². The lowest BCUT2D eigenvalue weighted by Crippen LogP contribution is -2.40. The molecule has 15 heavy (non-hydrogen) atoms. The summed E-state index contributed by atoms with van der Waals surface area (Å²) in [6.45, 7) is 4.04. The molecule has 1 atom stereocenters. The molecule has 1 rings (SSSR count). The largest absolute Gasteiger partial charge is 0.480 e. The number of aromatic nitrogens is 1. The summed E-state index contributed by atoms with van der Waals surface area (Å²) in [4.78, 5) is 24.2. The first-order valence-electron chi connectivity index (χ1n) is 4.63. The molecule has 0 amide bonds. The number of carboxylic acid groups (broad SMARTS) is 1. The number of hydrogen-bond donors (Lipinski definition) is 3. The van der Waals surface area contributed by atoms with E-state index >= 15 is 0 Å². The molecule has 0 spiro atoms. The third-order valence-electron chi connectivity index (χ3n) is 2.02. The summed E-state index contributed by atoms with van der Waals surface area (Å²) in [7, 11) is 0. The molecule has 0 aliphatic rings. The first-order valence-corrected chi connectivity index (χ1v) is 5.51. The Morgan fingerprint density at radius 1 is 1.67 bits per heavy atom. The molecule has 0 bridgehead atoms. The van der Waals surface area contributed by atoms with Gasteiger partial charge >= 0.3 is 10.8 Å². The van der Waals surface area contributed by atoms with E-state index in [2.05, 4.69) is 10.3 Å². The molecule has 0 fully saturated rings. The SMILES string of the molecule is CC(C)C(NCc1csc(=O)[nH]1)C(=O)O. The molecule has 0 saturated heterocycles. The smallest absolute Gasteiger partial charge is 0.320 e. The molecule has 0 saturated carbocycles. The molecular formula is C9H14N2O3S. The van der Waals surface area contributed by atoms with Crippen molar-refractivity contribution in [2.45, 2.75) is 26.4 Å². The van der Waals surface area contributed by atoms with E-state index in [0.717, 1.165) is 17.0 Å².